The fourth-order valence-electron chi connectivity index (χ4n) is 3.30. The monoisotopic (exact) mass is 402 g/mol. The highest BCUT2D eigenvalue weighted by atomic mass is 35.5. The van der Waals surface area contributed by atoms with E-state index in [0.717, 1.165) is 16.5 Å². The fraction of sp³-hybridized carbons (Fsp3) is 0.0455. The van der Waals surface area contributed by atoms with Crippen LogP contribution in [0.2, 0.25) is 5.02 Å². The number of nitrogens with zero attached hydrogens (tertiary/aromatic N) is 4. The molecule has 0 atom stereocenters. The van der Waals surface area contributed by atoms with Crippen molar-refractivity contribution in [3.8, 4) is 5.88 Å². The molecular weight excluding hydrogens is 388 g/mol. The molecule has 142 valence electrons. The van der Waals surface area contributed by atoms with Gasteiger partial charge in [0.25, 0.3) is 0 Å². The molecule has 1 N–H and O–H groups in total. The van der Waals surface area contributed by atoms with Gasteiger partial charge in [-0.05, 0) is 35.9 Å². The lowest BCUT2D eigenvalue weighted by Gasteiger charge is -2.07. The zero-order valence-corrected chi connectivity index (χ0v) is 15.9. The van der Waals surface area contributed by atoms with Crippen molar-refractivity contribution in [2.24, 2.45) is 10.2 Å². The molecule has 0 aliphatic rings. The Kier molecular flexibility index (Phi) is 4.26. The van der Waals surface area contributed by atoms with Crippen molar-refractivity contribution in [1.82, 2.24) is 9.55 Å². The van der Waals surface area contributed by atoms with Gasteiger partial charge in [-0.1, -0.05) is 59.2 Å². The number of aromatic hydroxyl groups is 1. The molecule has 2 aromatic heterocycles. The van der Waals surface area contributed by atoms with Crippen molar-refractivity contribution < 1.29 is 9.52 Å². The van der Waals surface area contributed by atoms with Crippen LogP contribution < -0.4 is 0 Å². The average molecular weight is 403 g/mol. The molecule has 5 aromatic rings. The van der Waals surface area contributed by atoms with Crippen LogP contribution >= 0.6 is 11.6 Å². The molecule has 0 spiro atoms. The number of benzene rings is 3. The number of azo groups is 1. The van der Waals surface area contributed by atoms with Gasteiger partial charge in [-0.2, -0.15) is 4.98 Å². The summed E-state index contributed by atoms with van der Waals surface area (Å²) in [5.74, 6) is 0.0287. The molecule has 0 aliphatic carbocycles. The topological polar surface area (TPSA) is 75.9 Å². The summed E-state index contributed by atoms with van der Waals surface area (Å²) in [7, 11) is 0. The summed E-state index contributed by atoms with van der Waals surface area (Å²) in [4.78, 5) is 4.29. The average Bonchev–Trinajstić information content (AvgIpc) is 3.27. The molecule has 0 bridgehead atoms. The zero-order chi connectivity index (χ0) is 19.8. The van der Waals surface area contributed by atoms with Gasteiger partial charge in [0, 0.05) is 10.4 Å². The van der Waals surface area contributed by atoms with E-state index in [1.807, 2.05) is 72.8 Å². The van der Waals surface area contributed by atoms with Gasteiger partial charge in [-0.3, -0.25) is 0 Å². The van der Waals surface area contributed by atoms with Gasteiger partial charge < -0.3 is 14.1 Å². The second-order valence-corrected chi connectivity index (χ2v) is 7.00. The van der Waals surface area contributed by atoms with Crippen molar-refractivity contribution in [1.29, 1.82) is 0 Å². The van der Waals surface area contributed by atoms with Gasteiger partial charge in [0.2, 0.25) is 5.88 Å². The molecule has 0 saturated heterocycles. The summed E-state index contributed by atoms with van der Waals surface area (Å²) < 4.78 is 7.37. The van der Waals surface area contributed by atoms with Crippen LogP contribution in [0, 0.1) is 0 Å². The van der Waals surface area contributed by atoms with Crippen molar-refractivity contribution in [2.45, 2.75) is 6.54 Å². The Hall–Kier alpha value is -3.64. The van der Waals surface area contributed by atoms with Gasteiger partial charge in [0.15, 0.2) is 11.3 Å². The Morgan fingerprint density at radius 3 is 2.52 bits per heavy atom. The fourth-order valence-corrected chi connectivity index (χ4v) is 3.42. The van der Waals surface area contributed by atoms with Crippen LogP contribution in [-0.2, 0) is 6.54 Å². The Labute approximate surface area is 170 Å². The minimum absolute atomic E-state index is 0.0287. The molecule has 0 saturated carbocycles. The van der Waals surface area contributed by atoms with E-state index in [1.165, 1.54) is 0 Å². The molecule has 3 aromatic carbocycles. The molecule has 0 fully saturated rings. The second kappa shape index (κ2) is 7.07. The summed E-state index contributed by atoms with van der Waals surface area (Å²) >= 11 is 5.98. The maximum absolute atomic E-state index is 10.9. The predicted molar refractivity (Wildman–Crippen MR) is 112 cm³/mol. The van der Waals surface area contributed by atoms with E-state index in [1.54, 1.807) is 4.57 Å². The first-order valence-electron chi connectivity index (χ1n) is 9.01. The van der Waals surface area contributed by atoms with Crippen molar-refractivity contribution in [3.05, 3.63) is 83.4 Å². The number of halogens is 1. The van der Waals surface area contributed by atoms with E-state index in [-0.39, 0.29) is 11.9 Å². The zero-order valence-electron chi connectivity index (χ0n) is 15.2. The largest absolute Gasteiger partial charge is 0.493 e. The summed E-state index contributed by atoms with van der Waals surface area (Å²) in [6.45, 7) is 0.474. The van der Waals surface area contributed by atoms with Crippen LogP contribution in [0.15, 0.2) is 87.4 Å². The lowest BCUT2D eigenvalue weighted by molar-refractivity contribution is 0.429. The first-order chi connectivity index (χ1) is 14.2. The minimum atomic E-state index is 0.0287. The predicted octanol–water partition coefficient (Wildman–Crippen LogP) is 6.61. The molecule has 5 rings (SSSR count). The molecular formula is C22H15ClN4O2. The van der Waals surface area contributed by atoms with Gasteiger partial charge in [0.05, 0.1) is 12.1 Å². The maximum Gasteiger partial charge on any atom is 0.341 e. The highest BCUT2D eigenvalue weighted by molar-refractivity contribution is 6.30. The Balaban J connectivity index is 1.56. The van der Waals surface area contributed by atoms with Crippen LogP contribution in [0.25, 0.3) is 22.0 Å². The van der Waals surface area contributed by atoms with Gasteiger partial charge in [-0.25, -0.2) is 0 Å². The van der Waals surface area contributed by atoms with E-state index in [2.05, 4.69) is 15.2 Å². The molecule has 0 unspecified atom stereocenters. The van der Waals surface area contributed by atoms with Crippen LogP contribution in [0.3, 0.4) is 0 Å². The SMILES string of the molecule is Oc1c(N=Nc2nc3ccccc3o2)c2ccccc2n1Cc1ccc(Cl)cc1. The van der Waals surface area contributed by atoms with Crippen molar-refractivity contribution in [3.63, 3.8) is 0 Å². The molecule has 7 heteroatoms. The van der Waals surface area contributed by atoms with Crippen LogP contribution in [0.4, 0.5) is 11.7 Å². The molecule has 0 amide bonds. The summed E-state index contributed by atoms with van der Waals surface area (Å²) in [6, 6.07) is 22.7. The number of oxazole rings is 1. The first kappa shape index (κ1) is 17.5. The number of fused-ring (bicyclic) bond motifs is 2. The normalized spacial score (nSPS) is 11.8. The summed E-state index contributed by atoms with van der Waals surface area (Å²) in [6.07, 6.45) is 0. The lowest BCUT2D eigenvalue weighted by atomic mass is 10.2. The van der Waals surface area contributed by atoms with E-state index >= 15 is 0 Å². The van der Waals surface area contributed by atoms with Gasteiger partial charge in [-0.15, -0.1) is 5.11 Å². The van der Waals surface area contributed by atoms with E-state index in [9.17, 15) is 5.11 Å². The number of para-hydroxylation sites is 3. The molecule has 29 heavy (non-hydrogen) atoms. The maximum atomic E-state index is 10.9. The molecule has 2 heterocycles. The van der Waals surface area contributed by atoms with Crippen LogP contribution in [-0.4, -0.2) is 14.7 Å². The number of hydrogen-bond donors (Lipinski definition) is 1. The Bertz CT molecular complexity index is 1320. The number of hydrogen-bond acceptors (Lipinski definition) is 5. The van der Waals surface area contributed by atoms with Crippen LogP contribution in [0.5, 0.6) is 5.88 Å². The molecule has 0 aliphatic heterocycles. The van der Waals surface area contributed by atoms with Gasteiger partial charge in [0.1, 0.15) is 5.52 Å². The Morgan fingerprint density at radius 1 is 0.931 bits per heavy atom. The quantitative estimate of drug-likeness (QED) is 0.344. The third-order valence-corrected chi connectivity index (χ3v) is 4.94. The van der Waals surface area contributed by atoms with Crippen molar-refractivity contribution in [2.75, 3.05) is 0 Å². The second-order valence-electron chi connectivity index (χ2n) is 6.57. The smallest absolute Gasteiger partial charge is 0.341 e. The summed E-state index contributed by atoms with van der Waals surface area (Å²) in [5.41, 5.74) is 3.57. The van der Waals surface area contributed by atoms with E-state index < -0.39 is 0 Å². The highest BCUT2D eigenvalue weighted by Crippen LogP contribution is 2.40. The molecule has 6 nitrogen and oxygen atoms in total. The van der Waals surface area contributed by atoms with Gasteiger partial charge >= 0.3 is 6.01 Å². The van der Waals surface area contributed by atoms with Crippen LogP contribution in [0.1, 0.15) is 5.56 Å². The van der Waals surface area contributed by atoms with Crippen molar-refractivity contribution >= 4 is 45.3 Å². The summed E-state index contributed by atoms with van der Waals surface area (Å²) in [5, 5.41) is 20.7. The standard InChI is InChI=1S/C22H15ClN4O2/c23-15-11-9-14(10-12-15)13-27-18-7-3-1-5-16(18)20(21(27)28)25-26-22-24-17-6-2-4-8-19(17)29-22/h1-12,28H,13H2. The highest BCUT2D eigenvalue weighted by Gasteiger charge is 2.17. The minimum Gasteiger partial charge on any atom is -0.493 e. The lowest BCUT2D eigenvalue weighted by Crippen LogP contribution is -1.98. The molecule has 0 radical (unpaired) electrons. The van der Waals surface area contributed by atoms with E-state index in [0.29, 0.717) is 28.4 Å². The number of rotatable bonds is 4. The number of aromatic nitrogens is 2. The third-order valence-electron chi connectivity index (χ3n) is 4.69. The Morgan fingerprint density at radius 2 is 1.69 bits per heavy atom. The third kappa shape index (κ3) is 3.23. The van der Waals surface area contributed by atoms with E-state index in [4.69, 9.17) is 16.0 Å². The first-order valence-corrected chi connectivity index (χ1v) is 9.39.